The van der Waals surface area contributed by atoms with E-state index in [0.717, 1.165) is 17.9 Å². The third-order valence-corrected chi connectivity index (χ3v) is 3.85. The van der Waals surface area contributed by atoms with E-state index >= 15 is 0 Å². The van der Waals surface area contributed by atoms with E-state index in [0.29, 0.717) is 5.41 Å². The fourth-order valence-electron chi connectivity index (χ4n) is 2.14. The normalized spacial score (nSPS) is 26.4. The second kappa shape index (κ2) is 4.20. The summed E-state index contributed by atoms with van der Waals surface area (Å²) in [5.74, 6) is 0.748. The van der Waals surface area contributed by atoms with Crippen LogP contribution in [0.2, 0.25) is 0 Å². The number of hydrogen-bond acceptors (Lipinski definition) is 1. The summed E-state index contributed by atoms with van der Waals surface area (Å²) in [6, 6.07) is 0. The van der Waals surface area contributed by atoms with Crippen molar-refractivity contribution in [1.82, 2.24) is 0 Å². The Balaban J connectivity index is 2.50. The van der Waals surface area contributed by atoms with Crippen LogP contribution in [0.3, 0.4) is 0 Å². The van der Waals surface area contributed by atoms with Gasteiger partial charge in [-0.15, -0.1) is 0 Å². The summed E-state index contributed by atoms with van der Waals surface area (Å²) in [6.07, 6.45) is 7.01. The molecule has 1 N–H and O–H groups in total. The SMILES string of the molecule is CC1=CC[C@@H](CC/C(C)=C/O)C1(C)C. The molecule has 0 spiro atoms. The van der Waals surface area contributed by atoms with Gasteiger partial charge < -0.3 is 5.11 Å². The highest BCUT2D eigenvalue weighted by Crippen LogP contribution is 2.45. The van der Waals surface area contributed by atoms with Crippen molar-refractivity contribution < 1.29 is 5.11 Å². The maximum atomic E-state index is 8.82. The first kappa shape index (κ1) is 11.4. The monoisotopic (exact) mass is 194 g/mol. The third kappa shape index (κ3) is 2.20. The molecule has 0 bridgehead atoms. The first-order valence-electron chi connectivity index (χ1n) is 5.45. The van der Waals surface area contributed by atoms with Crippen LogP contribution in [-0.4, -0.2) is 5.11 Å². The molecule has 0 fully saturated rings. The number of allylic oxidation sites excluding steroid dienone is 3. The van der Waals surface area contributed by atoms with Crippen molar-refractivity contribution in [2.75, 3.05) is 0 Å². The van der Waals surface area contributed by atoms with Crippen LogP contribution in [0.5, 0.6) is 0 Å². The summed E-state index contributed by atoms with van der Waals surface area (Å²) >= 11 is 0. The van der Waals surface area contributed by atoms with Crippen LogP contribution < -0.4 is 0 Å². The van der Waals surface area contributed by atoms with Crippen LogP contribution in [0.15, 0.2) is 23.5 Å². The minimum absolute atomic E-state index is 0.357. The lowest BCUT2D eigenvalue weighted by Gasteiger charge is -2.29. The Morgan fingerprint density at radius 3 is 2.71 bits per heavy atom. The van der Waals surface area contributed by atoms with E-state index in [9.17, 15) is 0 Å². The molecular formula is C13H22O. The summed E-state index contributed by atoms with van der Waals surface area (Å²) < 4.78 is 0. The number of aliphatic hydroxyl groups is 1. The molecule has 0 radical (unpaired) electrons. The molecule has 1 nitrogen and oxygen atoms in total. The zero-order valence-electron chi connectivity index (χ0n) is 9.80. The Morgan fingerprint density at radius 1 is 1.64 bits per heavy atom. The second-order valence-electron chi connectivity index (χ2n) is 5.06. The van der Waals surface area contributed by atoms with Gasteiger partial charge in [0.1, 0.15) is 0 Å². The average molecular weight is 194 g/mol. The highest BCUT2D eigenvalue weighted by Gasteiger charge is 2.34. The van der Waals surface area contributed by atoms with E-state index < -0.39 is 0 Å². The summed E-state index contributed by atoms with van der Waals surface area (Å²) in [6.45, 7) is 8.87. The van der Waals surface area contributed by atoms with E-state index in [2.05, 4.69) is 26.8 Å². The van der Waals surface area contributed by atoms with Gasteiger partial charge in [0.15, 0.2) is 0 Å². The molecule has 0 aromatic rings. The maximum absolute atomic E-state index is 8.82. The van der Waals surface area contributed by atoms with Crippen molar-refractivity contribution in [2.24, 2.45) is 11.3 Å². The van der Waals surface area contributed by atoms with Crippen LogP contribution in [0.4, 0.5) is 0 Å². The Morgan fingerprint density at radius 2 is 2.29 bits per heavy atom. The van der Waals surface area contributed by atoms with E-state index in [-0.39, 0.29) is 0 Å². The lowest BCUT2D eigenvalue weighted by molar-refractivity contribution is 0.274. The van der Waals surface area contributed by atoms with Gasteiger partial charge in [-0.2, -0.15) is 0 Å². The molecule has 0 aromatic carbocycles. The summed E-state index contributed by atoms with van der Waals surface area (Å²) in [7, 11) is 0. The van der Waals surface area contributed by atoms with Crippen molar-refractivity contribution in [3.63, 3.8) is 0 Å². The molecule has 80 valence electrons. The zero-order chi connectivity index (χ0) is 10.8. The Kier molecular flexibility index (Phi) is 3.41. The molecule has 0 heterocycles. The fourth-order valence-corrected chi connectivity index (χ4v) is 2.14. The molecule has 0 aliphatic heterocycles. The molecule has 1 aliphatic carbocycles. The number of rotatable bonds is 3. The van der Waals surface area contributed by atoms with Crippen LogP contribution in [0.1, 0.15) is 47.0 Å². The van der Waals surface area contributed by atoms with Crippen molar-refractivity contribution in [2.45, 2.75) is 47.0 Å². The molecule has 1 heteroatoms. The van der Waals surface area contributed by atoms with Gasteiger partial charge in [-0.1, -0.05) is 25.5 Å². The summed E-state index contributed by atoms with van der Waals surface area (Å²) in [5, 5.41) is 8.82. The van der Waals surface area contributed by atoms with Crippen LogP contribution >= 0.6 is 0 Å². The summed E-state index contributed by atoms with van der Waals surface area (Å²) in [4.78, 5) is 0. The lowest BCUT2D eigenvalue weighted by atomic mass is 9.75. The molecular weight excluding hydrogens is 172 g/mol. The summed E-state index contributed by atoms with van der Waals surface area (Å²) in [5.41, 5.74) is 2.97. The minimum atomic E-state index is 0.357. The second-order valence-corrected chi connectivity index (χ2v) is 5.06. The molecule has 1 aliphatic rings. The van der Waals surface area contributed by atoms with Crippen LogP contribution in [0.25, 0.3) is 0 Å². The predicted molar refractivity (Wildman–Crippen MR) is 61.3 cm³/mol. The Labute approximate surface area is 87.5 Å². The first-order chi connectivity index (χ1) is 6.48. The van der Waals surface area contributed by atoms with Gasteiger partial charge in [-0.05, 0) is 50.0 Å². The zero-order valence-corrected chi connectivity index (χ0v) is 9.80. The van der Waals surface area contributed by atoms with Crippen molar-refractivity contribution in [3.05, 3.63) is 23.5 Å². The highest BCUT2D eigenvalue weighted by molar-refractivity contribution is 5.18. The lowest BCUT2D eigenvalue weighted by Crippen LogP contribution is -2.20. The fraction of sp³-hybridized carbons (Fsp3) is 0.692. The number of aliphatic hydroxyl groups excluding tert-OH is 1. The van der Waals surface area contributed by atoms with Gasteiger partial charge in [0, 0.05) is 0 Å². The number of hydrogen-bond donors (Lipinski definition) is 1. The quantitative estimate of drug-likeness (QED) is 0.527. The van der Waals surface area contributed by atoms with E-state index in [1.807, 2.05) is 6.92 Å². The Hall–Kier alpha value is -0.720. The average Bonchev–Trinajstić information content (AvgIpc) is 2.39. The molecule has 1 rings (SSSR count). The smallest absolute Gasteiger partial charge is 0.0780 e. The molecule has 1 atom stereocenters. The van der Waals surface area contributed by atoms with Gasteiger partial charge in [0.25, 0.3) is 0 Å². The van der Waals surface area contributed by atoms with Crippen molar-refractivity contribution in [3.8, 4) is 0 Å². The van der Waals surface area contributed by atoms with Gasteiger partial charge in [0.05, 0.1) is 6.26 Å². The van der Waals surface area contributed by atoms with E-state index in [4.69, 9.17) is 5.11 Å². The van der Waals surface area contributed by atoms with Crippen molar-refractivity contribution in [1.29, 1.82) is 0 Å². The molecule has 0 aromatic heterocycles. The first-order valence-corrected chi connectivity index (χ1v) is 5.45. The van der Waals surface area contributed by atoms with E-state index in [1.165, 1.54) is 24.7 Å². The largest absolute Gasteiger partial charge is 0.516 e. The van der Waals surface area contributed by atoms with Crippen molar-refractivity contribution >= 4 is 0 Å². The maximum Gasteiger partial charge on any atom is 0.0780 e. The minimum Gasteiger partial charge on any atom is -0.516 e. The highest BCUT2D eigenvalue weighted by atomic mass is 16.2. The molecule has 0 saturated heterocycles. The van der Waals surface area contributed by atoms with Crippen LogP contribution in [0, 0.1) is 11.3 Å². The molecule has 0 unspecified atom stereocenters. The standard InChI is InChI=1S/C13H22O/c1-10(9-14)5-7-12-8-6-11(2)13(12,3)4/h6,9,12,14H,5,7-8H2,1-4H3/b10-9+/t12-/m1/s1. The molecule has 14 heavy (non-hydrogen) atoms. The van der Waals surface area contributed by atoms with Crippen LogP contribution in [-0.2, 0) is 0 Å². The van der Waals surface area contributed by atoms with Gasteiger partial charge in [0.2, 0.25) is 0 Å². The Bertz CT molecular complexity index is 258. The van der Waals surface area contributed by atoms with Gasteiger partial charge >= 0.3 is 0 Å². The third-order valence-electron chi connectivity index (χ3n) is 3.85. The predicted octanol–water partition coefficient (Wildman–Crippen LogP) is 4.22. The van der Waals surface area contributed by atoms with Gasteiger partial charge in [-0.3, -0.25) is 0 Å². The van der Waals surface area contributed by atoms with Gasteiger partial charge in [-0.25, -0.2) is 0 Å². The molecule has 0 saturated carbocycles. The topological polar surface area (TPSA) is 20.2 Å². The molecule has 0 amide bonds. The van der Waals surface area contributed by atoms with E-state index in [1.54, 1.807) is 0 Å².